The van der Waals surface area contributed by atoms with Crippen LogP contribution in [-0.4, -0.2) is 54.3 Å². The minimum Gasteiger partial charge on any atom is -0.379 e. The van der Waals surface area contributed by atoms with Crippen molar-refractivity contribution in [2.24, 2.45) is 11.7 Å². The zero-order valence-corrected chi connectivity index (χ0v) is 15.9. The van der Waals surface area contributed by atoms with Crippen LogP contribution in [0.25, 0.3) is 10.9 Å². The number of nitrogens with one attached hydrogen (secondary N) is 1. The van der Waals surface area contributed by atoms with Crippen molar-refractivity contribution in [3.63, 3.8) is 0 Å². The summed E-state index contributed by atoms with van der Waals surface area (Å²) in [5.41, 5.74) is 8.16. The topological polar surface area (TPSA) is 72.5 Å². The van der Waals surface area contributed by atoms with Gasteiger partial charge in [-0.3, -0.25) is 9.69 Å². The number of rotatable bonds is 6. The molecule has 2 atom stereocenters. The van der Waals surface area contributed by atoms with Crippen LogP contribution in [0, 0.1) is 5.92 Å². The summed E-state index contributed by atoms with van der Waals surface area (Å²) >= 11 is 0. The van der Waals surface area contributed by atoms with Crippen LogP contribution in [0.5, 0.6) is 0 Å². The number of nitrogens with two attached hydrogens (primary N) is 1. The molecule has 27 heavy (non-hydrogen) atoms. The van der Waals surface area contributed by atoms with Crippen molar-refractivity contribution < 1.29 is 9.53 Å². The Hall–Kier alpha value is -1.89. The van der Waals surface area contributed by atoms with Gasteiger partial charge in [0.1, 0.15) is 0 Å². The molecule has 0 unspecified atom stereocenters. The highest BCUT2D eigenvalue weighted by Gasteiger charge is 2.26. The van der Waals surface area contributed by atoms with Crippen molar-refractivity contribution in [1.82, 2.24) is 9.47 Å². The van der Waals surface area contributed by atoms with E-state index in [1.165, 1.54) is 5.52 Å². The van der Waals surface area contributed by atoms with Gasteiger partial charge < -0.3 is 20.4 Å². The first-order valence-corrected chi connectivity index (χ1v) is 10.1. The Balaban J connectivity index is 1.35. The molecule has 1 aromatic heterocycles. The third kappa shape index (κ3) is 4.51. The Kier molecular flexibility index (Phi) is 5.76. The number of aromatic nitrogens is 1. The van der Waals surface area contributed by atoms with E-state index in [1.54, 1.807) is 0 Å². The quantitative estimate of drug-likeness (QED) is 0.819. The molecule has 1 amide bonds. The molecular formula is C21H30N4O2. The molecule has 0 spiro atoms. The minimum atomic E-state index is 0.0726. The first-order chi connectivity index (χ1) is 13.2. The molecule has 6 nitrogen and oxygen atoms in total. The molecule has 2 aliphatic rings. The Labute approximate surface area is 160 Å². The number of nitrogens with zero attached hydrogens (tertiary/aromatic N) is 2. The summed E-state index contributed by atoms with van der Waals surface area (Å²) in [7, 11) is 0. The molecule has 2 fully saturated rings. The number of carbonyl (C=O) groups excluding carboxylic acids is 1. The maximum Gasteiger partial charge on any atom is 0.224 e. The monoisotopic (exact) mass is 370 g/mol. The molecule has 1 aliphatic carbocycles. The number of ether oxygens (including phenoxy) is 1. The Morgan fingerprint density at radius 1 is 1.19 bits per heavy atom. The summed E-state index contributed by atoms with van der Waals surface area (Å²) in [5, 5.41) is 4.21. The molecule has 1 aromatic carbocycles. The van der Waals surface area contributed by atoms with Crippen molar-refractivity contribution in [1.29, 1.82) is 0 Å². The van der Waals surface area contributed by atoms with Crippen molar-refractivity contribution in [3.8, 4) is 0 Å². The molecule has 1 aliphatic heterocycles. The summed E-state index contributed by atoms with van der Waals surface area (Å²) in [4.78, 5) is 14.8. The second-order valence-corrected chi connectivity index (χ2v) is 7.84. The van der Waals surface area contributed by atoms with Crippen molar-refractivity contribution in [2.45, 2.75) is 38.3 Å². The molecule has 6 heteroatoms. The molecule has 3 N–H and O–H groups in total. The lowest BCUT2D eigenvalue weighted by Gasteiger charge is -2.26. The van der Waals surface area contributed by atoms with E-state index in [2.05, 4.69) is 39.2 Å². The van der Waals surface area contributed by atoms with Crippen LogP contribution in [-0.2, 0) is 16.1 Å². The predicted molar refractivity (Wildman–Crippen MR) is 108 cm³/mol. The Morgan fingerprint density at radius 2 is 2.04 bits per heavy atom. The third-order valence-corrected chi connectivity index (χ3v) is 5.98. The number of hydrogen-bond acceptors (Lipinski definition) is 4. The summed E-state index contributed by atoms with van der Waals surface area (Å²) in [6.45, 7) is 5.70. The van der Waals surface area contributed by atoms with E-state index >= 15 is 0 Å². The van der Waals surface area contributed by atoms with E-state index in [0.29, 0.717) is 12.3 Å². The standard InChI is InChI=1S/C21H30N4O2/c22-19-3-1-2-16(19)15-21(26)23-18-4-5-20-17(14-18)6-7-25(20)9-8-24-10-12-27-13-11-24/h4-7,14,16,19H,1-3,8-13,15,22H2,(H,23,26)/t16-,19+/m0/s1. The smallest absolute Gasteiger partial charge is 0.224 e. The van der Waals surface area contributed by atoms with Gasteiger partial charge in [0.25, 0.3) is 0 Å². The van der Waals surface area contributed by atoms with Crippen LogP contribution in [0.15, 0.2) is 30.5 Å². The highest BCUT2D eigenvalue weighted by molar-refractivity contribution is 5.94. The molecule has 4 rings (SSSR count). The fourth-order valence-corrected chi connectivity index (χ4v) is 4.32. The summed E-state index contributed by atoms with van der Waals surface area (Å²) < 4.78 is 7.70. The highest BCUT2D eigenvalue weighted by Crippen LogP contribution is 2.27. The van der Waals surface area contributed by atoms with Gasteiger partial charge in [-0.15, -0.1) is 0 Å². The van der Waals surface area contributed by atoms with Gasteiger partial charge in [0.15, 0.2) is 0 Å². The lowest BCUT2D eigenvalue weighted by molar-refractivity contribution is -0.117. The van der Waals surface area contributed by atoms with Gasteiger partial charge in [0.2, 0.25) is 5.91 Å². The van der Waals surface area contributed by atoms with Crippen molar-refractivity contribution >= 4 is 22.5 Å². The normalized spacial score (nSPS) is 23.7. The minimum absolute atomic E-state index is 0.0726. The van der Waals surface area contributed by atoms with Crippen LogP contribution in [0.4, 0.5) is 5.69 Å². The van der Waals surface area contributed by atoms with Gasteiger partial charge in [0, 0.05) is 61.4 Å². The van der Waals surface area contributed by atoms with Crippen LogP contribution in [0.2, 0.25) is 0 Å². The van der Waals surface area contributed by atoms with Gasteiger partial charge in [-0.2, -0.15) is 0 Å². The van der Waals surface area contributed by atoms with Gasteiger partial charge in [-0.25, -0.2) is 0 Å². The zero-order valence-electron chi connectivity index (χ0n) is 15.9. The number of hydrogen-bond donors (Lipinski definition) is 2. The first kappa shape index (κ1) is 18.5. The largest absolute Gasteiger partial charge is 0.379 e. The summed E-state index contributed by atoms with van der Waals surface area (Å²) in [6, 6.07) is 8.47. The zero-order chi connectivity index (χ0) is 18.6. The summed E-state index contributed by atoms with van der Waals surface area (Å²) in [6.07, 6.45) is 5.92. The maximum atomic E-state index is 12.3. The number of anilines is 1. The second kappa shape index (κ2) is 8.42. The van der Waals surface area contributed by atoms with E-state index in [4.69, 9.17) is 10.5 Å². The highest BCUT2D eigenvalue weighted by atomic mass is 16.5. The molecule has 146 valence electrons. The molecule has 2 aromatic rings. The number of fused-ring (bicyclic) bond motifs is 1. The van der Waals surface area contributed by atoms with Gasteiger partial charge in [0.05, 0.1) is 13.2 Å². The van der Waals surface area contributed by atoms with Crippen molar-refractivity contribution in [3.05, 3.63) is 30.5 Å². The van der Waals surface area contributed by atoms with Crippen LogP contribution < -0.4 is 11.1 Å². The Bertz CT molecular complexity index is 782. The van der Waals surface area contributed by atoms with Gasteiger partial charge in [-0.05, 0) is 43.0 Å². The van der Waals surface area contributed by atoms with Crippen molar-refractivity contribution in [2.75, 3.05) is 38.2 Å². The predicted octanol–water partition coefficient (Wildman–Crippen LogP) is 2.43. The van der Waals surface area contributed by atoms with Gasteiger partial charge in [-0.1, -0.05) is 6.42 Å². The number of benzene rings is 1. The molecule has 2 heterocycles. The van der Waals surface area contributed by atoms with Crippen LogP contribution in [0.3, 0.4) is 0 Å². The second-order valence-electron chi connectivity index (χ2n) is 7.84. The van der Waals surface area contributed by atoms with E-state index in [-0.39, 0.29) is 11.9 Å². The fourth-order valence-electron chi connectivity index (χ4n) is 4.32. The van der Waals surface area contributed by atoms with E-state index in [9.17, 15) is 4.79 Å². The molecular weight excluding hydrogens is 340 g/mol. The molecule has 1 saturated heterocycles. The van der Waals surface area contributed by atoms with Crippen LogP contribution >= 0.6 is 0 Å². The lowest BCUT2D eigenvalue weighted by Crippen LogP contribution is -2.38. The SMILES string of the molecule is N[C@@H]1CCC[C@H]1CC(=O)Nc1ccc2c(ccn2CCN2CCOCC2)c1. The fraction of sp³-hybridized carbons (Fsp3) is 0.571. The Morgan fingerprint density at radius 3 is 2.81 bits per heavy atom. The maximum absolute atomic E-state index is 12.3. The lowest BCUT2D eigenvalue weighted by atomic mass is 10.00. The average molecular weight is 370 g/mol. The molecule has 0 radical (unpaired) electrons. The number of carbonyl (C=O) groups is 1. The van der Waals surface area contributed by atoms with Gasteiger partial charge >= 0.3 is 0 Å². The van der Waals surface area contributed by atoms with E-state index in [0.717, 1.165) is 69.7 Å². The van der Waals surface area contributed by atoms with E-state index < -0.39 is 0 Å². The third-order valence-electron chi connectivity index (χ3n) is 5.98. The molecule has 1 saturated carbocycles. The first-order valence-electron chi connectivity index (χ1n) is 10.1. The number of amides is 1. The average Bonchev–Trinajstić information content (AvgIpc) is 3.26. The molecule has 0 bridgehead atoms. The summed E-state index contributed by atoms with van der Waals surface area (Å²) in [5.74, 6) is 0.401. The van der Waals surface area contributed by atoms with Crippen LogP contribution in [0.1, 0.15) is 25.7 Å². The number of morpholine rings is 1. The van der Waals surface area contributed by atoms with E-state index in [1.807, 2.05) is 6.07 Å².